The Kier molecular flexibility index (Phi) is 2.91. The van der Waals surface area contributed by atoms with Crippen molar-refractivity contribution in [2.45, 2.75) is 0 Å². The summed E-state index contributed by atoms with van der Waals surface area (Å²) in [5.74, 6) is -0.0316. The Labute approximate surface area is 119 Å². The number of amides is 1. The first-order valence-corrected chi connectivity index (χ1v) is 6.70. The summed E-state index contributed by atoms with van der Waals surface area (Å²) < 4.78 is 1.13. The number of fused-ring (bicyclic) bond motifs is 1. The van der Waals surface area contributed by atoms with Gasteiger partial charge in [0.2, 0.25) is 0 Å². The zero-order valence-corrected chi connectivity index (χ0v) is 11.6. The number of nitrogens with one attached hydrogen (secondary N) is 1. The highest BCUT2D eigenvalue weighted by Gasteiger charge is 2.23. The molecule has 18 heavy (non-hydrogen) atoms. The lowest BCUT2D eigenvalue weighted by atomic mass is 10.0. The average Bonchev–Trinajstić information content (AvgIpc) is 2.67. The molecule has 2 aromatic carbocycles. The molecule has 0 saturated heterocycles. The van der Waals surface area contributed by atoms with Gasteiger partial charge in [-0.3, -0.25) is 4.79 Å². The van der Waals surface area contributed by atoms with Gasteiger partial charge in [0.1, 0.15) is 0 Å². The first kappa shape index (κ1) is 11.5. The van der Waals surface area contributed by atoms with Crippen LogP contribution in [-0.4, -0.2) is 5.91 Å². The first-order chi connectivity index (χ1) is 8.74. The molecule has 1 N–H and O–H groups in total. The molecule has 0 fully saturated rings. The Bertz CT molecular complexity index is 647. The number of carbonyl (C=O) groups is 1. The zero-order chi connectivity index (χ0) is 12.5. The van der Waals surface area contributed by atoms with Crippen LogP contribution < -0.4 is 5.32 Å². The van der Waals surface area contributed by atoms with E-state index >= 15 is 0 Å². The highest BCUT2D eigenvalue weighted by Crippen LogP contribution is 2.33. The van der Waals surface area contributed by atoms with Gasteiger partial charge < -0.3 is 5.32 Å². The lowest BCUT2D eigenvalue weighted by Gasteiger charge is -1.99. The van der Waals surface area contributed by atoms with Gasteiger partial charge in [-0.2, -0.15) is 0 Å². The third kappa shape index (κ3) is 2.06. The van der Waals surface area contributed by atoms with Crippen molar-refractivity contribution in [3.63, 3.8) is 0 Å². The van der Waals surface area contributed by atoms with E-state index in [-0.39, 0.29) is 5.91 Å². The maximum absolute atomic E-state index is 12.0. The summed E-state index contributed by atoms with van der Waals surface area (Å²) in [7, 11) is 0. The summed E-state index contributed by atoms with van der Waals surface area (Å²) in [6.07, 6.45) is 1.93. The van der Waals surface area contributed by atoms with Crippen LogP contribution in [0.15, 0.2) is 48.5 Å². The van der Waals surface area contributed by atoms with Crippen molar-refractivity contribution in [3.05, 3.63) is 63.2 Å². The molecule has 1 amide bonds. The Balaban J connectivity index is 2.12. The third-order valence-corrected chi connectivity index (χ3v) is 3.55. The van der Waals surface area contributed by atoms with Gasteiger partial charge in [-0.15, -0.1) is 0 Å². The Morgan fingerprint density at radius 3 is 2.61 bits per heavy atom. The Morgan fingerprint density at radius 1 is 1.06 bits per heavy atom. The maximum Gasteiger partial charge on any atom is 0.256 e. The Hall–Kier alpha value is -1.62. The van der Waals surface area contributed by atoms with Crippen molar-refractivity contribution < 1.29 is 4.79 Å². The van der Waals surface area contributed by atoms with Crippen molar-refractivity contribution in [2.75, 3.05) is 5.32 Å². The zero-order valence-electron chi connectivity index (χ0n) is 9.48. The molecule has 0 bridgehead atoms. The summed E-state index contributed by atoms with van der Waals surface area (Å²) in [6, 6.07) is 15.9. The van der Waals surface area contributed by atoms with E-state index < -0.39 is 0 Å². The molecule has 0 radical (unpaired) electrons. The molecule has 2 aromatic rings. The molecule has 0 aliphatic carbocycles. The Morgan fingerprint density at radius 2 is 1.83 bits per heavy atom. The van der Waals surface area contributed by atoms with Crippen LogP contribution in [0.25, 0.3) is 11.6 Å². The van der Waals surface area contributed by atoms with Crippen LogP contribution in [0.4, 0.5) is 5.69 Å². The molecule has 1 aliphatic heterocycles. The minimum atomic E-state index is -0.0316. The van der Waals surface area contributed by atoms with E-state index in [1.807, 2.05) is 54.6 Å². The van der Waals surface area contributed by atoms with E-state index in [1.165, 1.54) is 0 Å². The second-order valence-electron chi connectivity index (χ2n) is 4.11. The molecule has 3 rings (SSSR count). The number of halogens is 1. The number of hydrogen-bond acceptors (Lipinski definition) is 1. The highest BCUT2D eigenvalue weighted by atomic mass is 127. The lowest BCUT2D eigenvalue weighted by molar-refractivity contribution is -0.110. The quantitative estimate of drug-likeness (QED) is 0.617. The van der Waals surface area contributed by atoms with Crippen LogP contribution in [0.2, 0.25) is 0 Å². The largest absolute Gasteiger partial charge is 0.321 e. The molecular formula is C15H10INO. The van der Waals surface area contributed by atoms with E-state index in [9.17, 15) is 4.79 Å². The maximum atomic E-state index is 12.0. The van der Waals surface area contributed by atoms with Crippen LogP contribution in [0.1, 0.15) is 11.1 Å². The first-order valence-electron chi connectivity index (χ1n) is 5.62. The van der Waals surface area contributed by atoms with Gasteiger partial charge in [-0.1, -0.05) is 30.3 Å². The van der Waals surface area contributed by atoms with E-state index in [0.29, 0.717) is 0 Å². The second-order valence-corrected chi connectivity index (χ2v) is 5.36. The second kappa shape index (κ2) is 4.57. The van der Waals surface area contributed by atoms with Crippen LogP contribution in [0, 0.1) is 3.57 Å². The fourth-order valence-corrected chi connectivity index (χ4v) is 2.51. The van der Waals surface area contributed by atoms with E-state index in [0.717, 1.165) is 26.0 Å². The average molecular weight is 347 g/mol. The van der Waals surface area contributed by atoms with Gasteiger partial charge >= 0.3 is 0 Å². The van der Waals surface area contributed by atoms with Crippen LogP contribution in [0.3, 0.4) is 0 Å². The van der Waals surface area contributed by atoms with E-state index in [2.05, 4.69) is 27.9 Å². The smallest absolute Gasteiger partial charge is 0.256 e. The molecular weight excluding hydrogens is 337 g/mol. The molecule has 1 heterocycles. The topological polar surface area (TPSA) is 29.1 Å². The van der Waals surface area contributed by atoms with E-state index in [1.54, 1.807) is 0 Å². The van der Waals surface area contributed by atoms with Gasteiger partial charge in [-0.25, -0.2) is 0 Å². The summed E-state index contributed by atoms with van der Waals surface area (Å²) >= 11 is 2.26. The fraction of sp³-hybridized carbons (Fsp3) is 0. The summed E-state index contributed by atoms with van der Waals surface area (Å²) in [4.78, 5) is 12.0. The molecule has 0 aromatic heterocycles. The number of benzene rings is 2. The number of rotatable bonds is 1. The monoisotopic (exact) mass is 347 g/mol. The van der Waals surface area contributed by atoms with Gasteiger partial charge in [-0.05, 0) is 52.4 Å². The van der Waals surface area contributed by atoms with Crippen LogP contribution >= 0.6 is 22.6 Å². The predicted molar refractivity (Wildman–Crippen MR) is 82.1 cm³/mol. The summed E-state index contributed by atoms with van der Waals surface area (Å²) in [5.41, 5.74) is 3.64. The normalized spacial score (nSPS) is 15.6. The van der Waals surface area contributed by atoms with Gasteiger partial charge in [0.25, 0.3) is 5.91 Å². The van der Waals surface area contributed by atoms with Crippen molar-refractivity contribution in [1.82, 2.24) is 0 Å². The molecule has 88 valence electrons. The third-order valence-electron chi connectivity index (χ3n) is 2.88. The SMILES string of the molecule is O=C1Nc2ccc(I)cc2C1=Cc1ccccc1. The molecule has 2 nitrogen and oxygen atoms in total. The summed E-state index contributed by atoms with van der Waals surface area (Å²) in [6.45, 7) is 0. The predicted octanol–water partition coefficient (Wildman–Crippen LogP) is 3.78. The minimum Gasteiger partial charge on any atom is -0.321 e. The lowest BCUT2D eigenvalue weighted by Crippen LogP contribution is -2.03. The van der Waals surface area contributed by atoms with Crippen LogP contribution in [0.5, 0.6) is 0 Å². The molecule has 1 aliphatic rings. The molecule has 0 unspecified atom stereocenters. The van der Waals surface area contributed by atoms with E-state index in [4.69, 9.17) is 0 Å². The van der Waals surface area contributed by atoms with Gasteiger partial charge in [0.15, 0.2) is 0 Å². The van der Waals surface area contributed by atoms with Gasteiger partial charge in [0.05, 0.1) is 0 Å². The van der Waals surface area contributed by atoms with Crippen molar-refractivity contribution in [2.24, 2.45) is 0 Å². The standard InChI is InChI=1S/C15H10INO/c16-11-6-7-14-12(9-11)13(15(18)17-14)8-10-4-2-1-3-5-10/h1-9H,(H,17,18). The molecule has 0 spiro atoms. The number of anilines is 1. The van der Waals surface area contributed by atoms with Crippen LogP contribution in [-0.2, 0) is 4.79 Å². The fourth-order valence-electron chi connectivity index (χ4n) is 2.02. The number of carbonyl (C=O) groups excluding carboxylic acids is 1. The van der Waals surface area contributed by atoms with Crippen molar-refractivity contribution in [3.8, 4) is 0 Å². The summed E-state index contributed by atoms with van der Waals surface area (Å²) in [5, 5.41) is 2.88. The number of hydrogen-bond donors (Lipinski definition) is 1. The highest BCUT2D eigenvalue weighted by molar-refractivity contribution is 14.1. The minimum absolute atomic E-state index is 0.0316. The van der Waals surface area contributed by atoms with Gasteiger partial charge in [0, 0.05) is 20.4 Å². The molecule has 3 heteroatoms. The molecule has 0 atom stereocenters. The van der Waals surface area contributed by atoms with Crippen molar-refractivity contribution >= 4 is 45.8 Å². The molecule has 0 saturated carbocycles. The van der Waals surface area contributed by atoms with Crippen molar-refractivity contribution in [1.29, 1.82) is 0 Å².